The number of hydrogen-bond donors (Lipinski definition) is 0. The highest BCUT2D eigenvalue weighted by Crippen LogP contribution is 2.27. The van der Waals surface area contributed by atoms with Gasteiger partial charge in [0, 0.05) is 45.1 Å². The van der Waals surface area contributed by atoms with Crippen LogP contribution in [-0.4, -0.2) is 40.9 Å². The molecule has 1 saturated heterocycles. The number of rotatable bonds is 4. The summed E-state index contributed by atoms with van der Waals surface area (Å²) in [6.07, 6.45) is 12.5. The molecule has 0 aliphatic carbocycles. The molecule has 0 unspecified atom stereocenters. The van der Waals surface area contributed by atoms with E-state index in [2.05, 4.69) is 65.9 Å². The largest absolute Gasteiger partial charge is 1.00 e. The minimum atomic E-state index is 0. The first-order chi connectivity index (χ1) is 11.1. The van der Waals surface area contributed by atoms with E-state index in [0.717, 1.165) is 19.4 Å². The van der Waals surface area contributed by atoms with Gasteiger partial charge in [-0.25, -0.2) is 4.58 Å². The van der Waals surface area contributed by atoms with Crippen LogP contribution in [0.25, 0.3) is 0 Å². The van der Waals surface area contributed by atoms with Crippen LogP contribution < -0.4 is 17.0 Å². The standard InChI is InChI=1S/C21H31N2.BrH/c1-21(2)18-20(22-14-8-3-4-9-15-22)13-17-23(21)16-12-19-10-6-5-7-11-19;/h5-7,10-11,13,17H,3-4,8-9,12,14-16,18H2,1-2H3;1H/q+1;/p-1. The van der Waals surface area contributed by atoms with Gasteiger partial charge >= 0.3 is 0 Å². The summed E-state index contributed by atoms with van der Waals surface area (Å²) < 4.78 is 2.53. The quantitative estimate of drug-likeness (QED) is 0.701. The molecule has 0 radical (unpaired) electrons. The SMILES string of the molecule is CC1(C)CC(N2CCCCCC2)=CC=[N+]1CCc1ccccc1.[Br-]. The van der Waals surface area contributed by atoms with Crippen LogP contribution in [0.1, 0.15) is 51.5 Å². The van der Waals surface area contributed by atoms with Crippen molar-refractivity contribution in [2.75, 3.05) is 19.6 Å². The summed E-state index contributed by atoms with van der Waals surface area (Å²) in [5.74, 6) is 0. The van der Waals surface area contributed by atoms with E-state index in [4.69, 9.17) is 0 Å². The Labute approximate surface area is 158 Å². The van der Waals surface area contributed by atoms with E-state index in [1.54, 1.807) is 5.70 Å². The molecule has 132 valence electrons. The van der Waals surface area contributed by atoms with E-state index >= 15 is 0 Å². The number of likely N-dealkylation sites (tertiary alicyclic amines) is 1. The fraction of sp³-hybridized carbons (Fsp3) is 0.571. The second kappa shape index (κ2) is 8.84. The zero-order chi connectivity index (χ0) is 16.1. The maximum absolute atomic E-state index is 2.64. The van der Waals surface area contributed by atoms with Crippen molar-refractivity contribution in [1.29, 1.82) is 0 Å². The van der Waals surface area contributed by atoms with Gasteiger partial charge in [0.15, 0.2) is 11.8 Å². The highest BCUT2D eigenvalue weighted by molar-refractivity contribution is 5.68. The molecule has 3 heteroatoms. The lowest BCUT2D eigenvalue weighted by atomic mass is 9.93. The molecule has 0 aromatic heterocycles. The first-order valence-corrected chi connectivity index (χ1v) is 9.25. The second-order valence-corrected chi connectivity index (χ2v) is 7.63. The van der Waals surface area contributed by atoms with E-state index in [0.29, 0.717) is 0 Å². The molecule has 1 aromatic rings. The predicted molar refractivity (Wildman–Crippen MR) is 98.2 cm³/mol. The van der Waals surface area contributed by atoms with E-state index in [9.17, 15) is 0 Å². The van der Waals surface area contributed by atoms with E-state index in [1.807, 2.05) is 0 Å². The van der Waals surface area contributed by atoms with Gasteiger partial charge < -0.3 is 21.9 Å². The normalized spacial score (nSPS) is 20.5. The van der Waals surface area contributed by atoms with Crippen molar-refractivity contribution in [3.63, 3.8) is 0 Å². The lowest BCUT2D eigenvalue weighted by Gasteiger charge is -2.33. The third kappa shape index (κ3) is 4.95. The molecule has 2 aliphatic heterocycles. The Bertz CT molecular complexity index is 567. The third-order valence-electron chi connectivity index (χ3n) is 5.33. The molecular formula is C21H31BrN2. The maximum atomic E-state index is 2.64. The number of nitrogens with zero attached hydrogens (tertiary/aromatic N) is 2. The van der Waals surface area contributed by atoms with Crippen molar-refractivity contribution in [2.24, 2.45) is 0 Å². The number of halogens is 1. The van der Waals surface area contributed by atoms with Gasteiger partial charge in [-0.05, 0) is 18.4 Å². The molecule has 2 heterocycles. The molecule has 1 fully saturated rings. The highest BCUT2D eigenvalue weighted by Gasteiger charge is 2.35. The molecule has 24 heavy (non-hydrogen) atoms. The highest BCUT2D eigenvalue weighted by atomic mass is 79.9. The van der Waals surface area contributed by atoms with Crippen LogP contribution in [0.5, 0.6) is 0 Å². The summed E-state index contributed by atoms with van der Waals surface area (Å²) >= 11 is 0. The van der Waals surface area contributed by atoms with E-state index < -0.39 is 0 Å². The first kappa shape index (κ1) is 19.2. The Balaban J connectivity index is 0.00000208. The van der Waals surface area contributed by atoms with Gasteiger partial charge in [-0.3, -0.25) is 0 Å². The Hall–Kier alpha value is -1.09. The molecule has 0 bridgehead atoms. The van der Waals surface area contributed by atoms with Crippen molar-refractivity contribution >= 4 is 6.21 Å². The lowest BCUT2D eigenvalue weighted by Crippen LogP contribution is -3.00. The minimum absolute atomic E-state index is 0. The molecule has 0 spiro atoms. The molecule has 0 saturated carbocycles. The van der Waals surface area contributed by atoms with Gasteiger partial charge in [-0.1, -0.05) is 43.2 Å². The van der Waals surface area contributed by atoms with Gasteiger partial charge in [-0.2, -0.15) is 0 Å². The van der Waals surface area contributed by atoms with Crippen molar-refractivity contribution < 1.29 is 21.6 Å². The Morgan fingerprint density at radius 2 is 1.67 bits per heavy atom. The summed E-state index contributed by atoms with van der Waals surface area (Å²) in [5.41, 5.74) is 3.19. The van der Waals surface area contributed by atoms with Gasteiger partial charge in [-0.15, -0.1) is 0 Å². The van der Waals surface area contributed by atoms with E-state index in [-0.39, 0.29) is 22.5 Å². The number of hydrogen-bond acceptors (Lipinski definition) is 1. The predicted octanol–water partition coefficient (Wildman–Crippen LogP) is 1.26. The van der Waals surface area contributed by atoms with Gasteiger partial charge in [0.2, 0.25) is 0 Å². The average molecular weight is 391 g/mol. The monoisotopic (exact) mass is 390 g/mol. The average Bonchev–Trinajstić information content (AvgIpc) is 2.83. The molecule has 0 atom stereocenters. The summed E-state index contributed by atoms with van der Waals surface area (Å²) in [6, 6.07) is 10.8. The van der Waals surface area contributed by atoms with Gasteiger partial charge in [0.25, 0.3) is 0 Å². The Morgan fingerprint density at radius 3 is 2.29 bits per heavy atom. The fourth-order valence-corrected chi connectivity index (χ4v) is 3.83. The van der Waals surface area contributed by atoms with Crippen LogP contribution in [0.2, 0.25) is 0 Å². The smallest absolute Gasteiger partial charge is 0.165 e. The molecule has 0 N–H and O–H groups in total. The van der Waals surface area contributed by atoms with Crippen LogP contribution in [-0.2, 0) is 6.42 Å². The molecule has 1 aromatic carbocycles. The molecule has 0 amide bonds. The topological polar surface area (TPSA) is 6.25 Å². The first-order valence-electron chi connectivity index (χ1n) is 9.25. The Morgan fingerprint density at radius 1 is 1.00 bits per heavy atom. The second-order valence-electron chi connectivity index (χ2n) is 7.63. The fourth-order valence-electron chi connectivity index (χ4n) is 3.83. The zero-order valence-corrected chi connectivity index (χ0v) is 16.8. The Kier molecular flexibility index (Phi) is 7.09. The third-order valence-corrected chi connectivity index (χ3v) is 5.33. The van der Waals surface area contributed by atoms with Crippen LogP contribution in [0.4, 0.5) is 0 Å². The number of allylic oxidation sites excluding steroid dienone is 1. The van der Waals surface area contributed by atoms with Gasteiger partial charge in [0.05, 0.1) is 6.42 Å². The van der Waals surface area contributed by atoms with Crippen molar-refractivity contribution in [3.05, 3.63) is 47.7 Å². The summed E-state index contributed by atoms with van der Waals surface area (Å²) in [5, 5.41) is 0. The van der Waals surface area contributed by atoms with E-state index in [1.165, 1.54) is 44.3 Å². The van der Waals surface area contributed by atoms with Crippen molar-refractivity contribution in [2.45, 2.75) is 57.9 Å². The van der Waals surface area contributed by atoms with Crippen LogP contribution in [0.3, 0.4) is 0 Å². The lowest BCUT2D eigenvalue weighted by molar-refractivity contribution is -0.597. The van der Waals surface area contributed by atoms with Crippen LogP contribution in [0.15, 0.2) is 42.1 Å². The number of benzene rings is 1. The van der Waals surface area contributed by atoms with Crippen molar-refractivity contribution in [3.8, 4) is 0 Å². The molecule has 2 aliphatic rings. The summed E-state index contributed by atoms with van der Waals surface area (Å²) in [6.45, 7) is 8.37. The van der Waals surface area contributed by atoms with Crippen LogP contribution >= 0.6 is 0 Å². The van der Waals surface area contributed by atoms with Gasteiger partial charge in [0.1, 0.15) is 6.54 Å². The minimum Gasteiger partial charge on any atom is -1.00 e. The molecular weight excluding hydrogens is 360 g/mol. The molecule has 3 rings (SSSR count). The van der Waals surface area contributed by atoms with Crippen LogP contribution in [0, 0.1) is 0 Å². The zero-order valence-electron chi connectivity index (χ0n) is 15.2. The maximum Gasteiger partial charge on any atom is 0.165 e. The van der Waals surface area contributed by atoms with Crippen molar-refractivity contribution in [1.82, 2.24) is 4.90 Å². The summed E-state index contributed by atoms with van der Waals surface area (Å²) in [4.78, 5) is 2.64. The molecule has 2 nitrogen and oxygen atoms in total. The summed E-state index contributed by atoms with van der Waals surface area (Å²) in [7, 11) is 0.